The van der Waals surface area contributed by atoms with Gasteiger partial charge in [-0.05, 0) is 13.8 Å². The molecule has 4 heteroatoms. The minimum atomic E-state index is -1.22. The SMILES string of the molecule is CC(C)(F)Cn1cncc1CN. The summed E-state index contributed by atoms with van der Waals surface area (Å²) in [4.78, 5) is 3.89. The molecule has 1 heterocycles. The maximum atomic E-state index is 13.2. The molecule has 0 fully saturated rings. The molecule has 68 valence electrons. The van der Waals surface area contributed by atoms with Gasteiger partial charge in [-0.25, -0.2) is 9.37 Å². The lowest BCUT2D eigenvalue weighted by Crippen LogP contribution is -2.22. The van der Waals surface area contributed by atoms with E-state index in [-0.39, 0.29) is 0 Å². The van der Waals surface area contributed by atoms with Crippen molar-refractivity contribution in [1.29, 1.82) is 0 Å². The average Bonchev–Trinajstić information content (AvgIpc) is 2.31. The Balaban J connectivity index is 2.75. The molecule has 2 N–H and O–H groups in total. The highest BCUT2D eigenvalue weighted by Crippen LogP contribution is 2.12. The Hall–Kier alpha value is -0.900. The number of aromatic nitrogens is 2. The van der Waals surface area contributed by atoms with Crippen LogP contribution in [-0.4, -0.2) is 15.2 Å². The number of nitrogens with two attached hydrogens (primary N) is 1. The van der Waals surface area contributed by atoms with Gasteiger partial charge >= 0.3 is 0 Å². The van der Waals surface area contributed by atoms with Crippen molar-refractivity contribution in [2.24, 2.45) is 5.73 Å². The summed E-state index contributed by atoms with van der Waals surface area (Å²) in [6, 6.07) is 0. The largest absolute Gasteiger partial charge is 0.330 e. The second-order valence-electron chi connectivity index (χ2n) is 3.44. The highest BCUT2D eigenvalue weighted by molar-refractivity contribution is 4.98. The van der Waals surface area contributed by atoms with Gasteiger partial charge in [0.2, 0.25) is 0 Å². The second kappa shape index (κ2) is 3.23. The summed E-state index contributed by atoms with van der Waals surface area (Å²) < 4.78 is 14.9. The average molecular weight is 171 g/mol. The number of imidazole rings is 1. The molecule has 1 aromatic rings. The smallest absolute Gasteiger partial charge is 0.123 e. The van der Waals surface area contributed by atoms with Gasteiger partial charge in [-0.1, -0.05) is 0 Å². The zero-order chi connectivity index (χ0) is 9.19. The summed E-state index contributed by atoms with van der Waals surface area (Å²) >= 11 is 0. The lowest BCUT2D eigenvalue weighted by Gasteiger charge is -2.16. The Labute approximate surface area is 71.4 Å². The number of alkyl halides is 1. The van der Waals surface area contributed by atoms with Gasteiger partial charge in [-0.15, -0.1) is 0 Å². The zero-order valence-electron chi connectivity index (χ0n) is 7.42. The van der Waals surface area contributed by atoms with Crippen LogP contribution in [0.1, 0.15) is 19.5 Å². The molecule has 0 aromatic carbocycles. The maximum Gasteiger partial charge on any atom is 0.123 e. The number of nitrogens with zero attached hydrogens (tertiary/aromatic N) is 2. The molecule has 1 rings (SSSR count). The van der Waals surface area contributed by atoms with Crippen LogP contribution in [0.4, 0.5) is 4.39 Å². The van der Waals surface area contributed by atoms with E-state index in [4.69, 9.17) is 5.73 Å². The monoisotopic (exact) mass is 171 g/mol. The minimum Gasteiger partial charge on any atom is -0.330 e. The van der Waals surface area contributed by atoms with Crippen molar-refractivity contribution < 1.29 is 4.39 Å². The zero-order valence-corrected chi connectivity index (χ0v) is 7.42. The van der Waals surface area contributed by atoms with E-state index >= 15 is 0 Å². The van der Waals surface area contributed by atoms with Crippen LogP contribution in [0.15, 0.2) is 12.5 Å². The quantitative estimate of drug-likeness (QED) is 0.739. The van der Waals surface area contributed by atoms with Crippen molar-refractivity contribution in [1.82, 2.24) is 9.55 Å². The van der Waals surface area contributed by atoms with Crippen molar-refractivity contribution in [3.8, 4) is 0 Å². The van der Waals surface area contributed by atoms with Crippen molar-refractivity contribution in [3.05, 3.63) is 18.2 Å². The molecule has 0 bridgehead atoms. The van der Waals surface area contributed by atoms with Crippen LogP contribution >= 0.6 is 0 Å². The molecule has 0 aliphatic rings. The van der Waals surface area contributed by atoms with Crippen LogP contribution in [0, 0.1) is 0 Å². The molecule has 0 aliphatic heterocycles. The fourth-order valence-electron chi connectivity index (χ4n) is 1.07. The van der Waals surface area contributed by atoms with Gasteiger partial charge in [-0.3, -0.25) is 0 Å². The first-order valence-corrected chi connectivity index (χ1v) is 3.91. The second-order valence-corrected chi connectivity index (χ2v) is 3.44. The molecule has 0 amide bonds. The summed E-state index contributed by atoms with van der Waals surface area (Å²) in [6.07, 6.45) is 3.26. The highest BCUT2D eigenvalue weighted by atomic mass is 19.1. The van der Waals surface area contributed by atoms with Crippen LogP contribution in [-0.2, 0) is 13.1 Å². The predicted octanol–water partition coefficient (Wildman–Crippen LogP) is 1.09. The molecule has 12 heavy (non-hydrogen) atoms. The van der Waals surface area contributed by atoms with Crippen molar-refractivity contribution >= 4 is 0 Å². The van der Waals surface area contributed by atoms with Crippen LogP contribution in [0.2, 0.25) is 0 Å². The van der Waals surface area contributed by atoms with Gasteiger partial charge < -0.3 is 10.3 Å². The fraction of sp³-hybridized carbons (Fsp3) is 0.625. The molecule has 0 atom stereocenters. The summed E-state index contributed by atoms with van der Waals surface area (Å²) in [5.41, 5.74) is 5.07. The molecule has 0 spiro atoms. The summed E-state index contributed by atoms with van der Waals surface area (Å²) in [7, 11) is 0. The molecule has 0 aliphatic carbocycles. The van der Waals surface area contributed by atoms with E-state index in [2.05, 4.69) is 4.98 Å². The predicted molar refractivity (Wildman–Crippen MR) is 45.3 cm³/mol. The van der Waals surface area contributed by atoms with E-state index in [0.29, 0.717) is 13.1 Å². The standard InChI is InChI=1S/C8H14FN3/c1-8(2,9)5-12-6-11-4-7(12)3-10/h4,6H,3,5,10H2,1-2H3. The van der Waals surface area contributed by atoms with E-state index in [1.807, 2.05) is 0 Å². The number of rotatable bonds is 3. The van der Waals surface area contributed by atoms with Crippen molar-refractivity contribution in [2.45, 2.75) is 32.6 Å². The Bertz CT molecular complexity index is 249. The van der Waals surface area contributed by atoms with Gasteiger partial charge in [-0.2, -0.15) is 0 Å². The minimum absolute atomic E-state index is 0.305. The van der Waals surface area contributed by atoms with Crippen molar-refractivity contribution in [3.63, 3.8) is 0 Å². The molecule has 3 nitrogen and oxygen atoms in total. The third kappa shape index (κ3) is 2.30. The third-order valence-electron chi connectivity index (χ3n) is 1.55. The van der Waals surface area contributed by atoms with E-state index in [0.717, 1.165) is 5.69 Å². The first-order valence-electron chi connectivity index (χ1n) is 3.91. The molecule has 1 aromatic heterocycles. The highest BCUT2D eigenvalue weighted by Gasteiger charge is 2.17. The van der Waals surface area contributed by atoms with E-state index in [1.54, 1.807) is 17.1 Å². The fourth-order valence-corrected chi connectivity index (χ4v) is 1.07. The normalized spacial score (nSPS) is 12.0. The summed E-state index contributed by atoms with van der Waals surface area (Å²) in [5, 5.41) is 0. The first kappa shape index (κ1) is 9.19. The number of hydrogen-bond acceptors (Lipinski definition) is 2. The topological polar surface area (TPSA) is 43.8 Å². The molecule has 0 radical (unpaired) electrons. The lowest BCUT2D eigenvalue weighted by molar-refractivity contribution is 0.184. The third-order valence-corrected chi connectivity index (χ3v) is 1.55. The van der Waals surface area contributed by atoms with Crippen molar-refractivity contribution in [2.75, 3.05) is 0 Å². The Morgan fingerprint density at radius 1 is 1.67 bits per heavy atom. The molecule has 0 unspecified atom stereocenters. The summed E-state index contributed by atoms with van der Waals surface area (Å²) in [5.74, 6) is 0. The van der Waals surface area contributed by atoms with Crippen LogP contribution in [0.5, 0.6) is 0 Å². The Morgan fingerprint density at radius 2 is 2.33 bits per heavy atom. The van der Waals surface area contributed by atoms with Gasteiger partial charge in [0, 0.05) is 12.7 Å². The number of hydrogen-bond donors (Lipinski definition) is 1. The van der Waals surface area contributed by atoms with Gasteiger partial charge in [0.1, 0.15) is 5.67 Å². The van der Waals surface area contributed by atoms with Crippen LogP contribution in [0.3, 0.4) is 0 Å². The maximum absolute atomic E-state index is 13.2. The first-order chi connectivity index (χ1) is 5.53. The lowest BCUT2D eigenvalue weighted by atomic mass is 10.2. The van der Waals surface area contributed by atoms with Gasteiger partial charge in [0.05, 0.1) is 18.6 Å². The molecular formula is C8H14FN3. The molecule has 0 saturated heterocycles. The van der Waals surface area contributed by atoms with E-state index in [9.17, 15) is 4.39 Å². The van der Waals surface area contributed by atoms with E-state index in [1.165, 1.54) is 13.8 Å². The van der Waals surface area contributed by atoms with Gasteiger partial charge in [0.25, 0.3) is 0 Å². The van der Waals surface area contributed by atoms with E-state index < -0.39 is 5.67 Å². The van der Waals surface area contributed by atoms with Crippen LogP contribution < -0.4 is 5.73 Å². The molecule has 0 saturated carbocycles. The summed E-state index contributed by atoms with van der Waals surface area (Å²) in [6.45, 7) is 3.77. The van der Waals surface area contributed by atoms with Crippen LogP contribution in [0.25, 0.3) is 0 Å². The number of halogens is 1. The Morgan fingerprint density at radius 3 is 2.83 bits per heavy atom. The van der Waals surface area contributed by atoms with Gasteiger partial charge in [0.15, 0.2) is 0 Å². The Kier molecular flexibility index (Phi) is 2.47. The molecular weight excluding hydrogens is 157 g/mol.